The lowest BCUT2D eigenvalue weighted by molar-refractivity contribution is -0.384. The Bertz CT molecular complexity index is 710. The monoisotopic (exact) mass is 342 g/mol. The molecule has 0 unspecified atom stereocenters. The Hall–Kier alpha value is -2.33. The number of hydrogen-bond acceptors (Lipinski definition) is 6. The molecule has 126 valence electrons. The minimum atomic E-state index is -3.93. The second-order valence-electron chi connectivity index (χ2n) is 5.02. The zero-order chi connectivity index (χ0) is 17.6. The smallest absolute Gasteiger partial charge is 0.269 e. The number of carbonyl (C=O) groups excluding carboxylic acids is 1. The SMILES string of the molecule is C/C(=N\NC(=O)CNS(=O)(=O)c1ccc([N+](=O)[O-])cc1)C(C)C. The van der Waals surface area contributed by atoms with Crippen molar-refractivity contribution in [3.63, 3.8) is 0 Å². The lowest BCUT2D eigenvalue weighted by Crippen LogP contribution is -2.35. The van der Waals surface area contributed by atoms with Gasteiger partial charge in [0.1, 0.15) is 0 Å². The maximum Gasteiger partial charge on any atom is 0.269 e. The van der Waals surface area contributed by atoms with Crippen LogP contribution < -0.4 is 10.1 Å². The molecule has 10 heteroatoms. The average molecular weight is 342 g/mol. The normalized spacial score (nSPS) is 12.3. The number of hydrazone groups is 1. The van der Waals surface area contributed by atoms with Gasteiger partial charge < -0.3 is 0 Å². The van der Waals surface area contributed by atoms with Crippen LogP contribution in [0.5, 0.6) is 0 Å². The van der Waals surface area contributed by atoms with E-state index >= 15 is 0 Å². The standard InChI is InChI=1S/C13H18N4O5S/c1-9(2)10(3)15-16-13(18)8-14-23(21,22)12-6-4-11(5-7-12)17(19)20/h4-7,9,14H,8H2,1-3H3,(H,16,18)/b15-10+. The number of amides is 1. The van der Waals surface area contributed by atoms with E-state index in [0.717, 1.165) is 24.3 Å². The number of nitrogens with one attached hydrogen (secondary N) is 2. The molecule has 23 heavy (non-hydrogen) atoms. The molecule has 0 bridgehead atoms. The summed E-state index contributed by atoms with van der Waals surface area (Å²) in [5.41, 5.74) is 2.73. The van der Waals surface area contributed by atoms with E-state index in [4.69, 9.17) is 0 Å². The van der Waals surface area contributed by atoms with Crippen molar-refractivity contribution in [2.45, 2.75) is 25.7 Å². The van der Waals surface area contributed by atoms with Crippen LogP contribution >= 0.6 is 0 Å². The van der Waals surface area contributed by atoms with Gasteiger partial charge in [-0.3, -0.25) is 14.9 Å². The van der Waals surface area contributed by atoms with E-state index in [1.54, 1.807) is 6.92 Å². The number of nitro benzene ring substituents is 1. The van der Waals surface area contributed by atoms with Crippen molar-refractivity contribution < 1.29 is 18.1 Å². The first kappa shape index (κ1) is 18.7. The zero-order valence-electron chi connectivity index (χ0n) is 12.9. The van der Waals surface area contributed by atoms with Crippen molar-refractivity contribution in [3.05, 3.63) is 34.4 Å². The van der Waals surface area contributed by atoms with Crippen LogP contribution in [0.1, 0.15) is 20.8 Å². The number of nitrogens with zero attached hydrogens (tertiary/aromatic N) is 2. The van der Waals surface area contributed by atoms with Crippen molar-refractivity contribution in [2.75, 3.05) is 6.54 Å². The maximum absolute atomic E-state index is 12.0. The second-order valence-corrected chi connectivity index (χ2v) is 6.79. The summed E-state index contributed by atoms with van der Waals surface area (Å²) >= 11 is 0. The van der Waals surface area contributed by atoms with Crippen LogP contribution in [0.25, 0.3) is 0 Å². The maximum atomic E-state index is 12.0. The van der Waals surface area contributed by atoms with Crippen molar-refractivity contribution in [2.24, 2.45) is 11.0 Å². The predicted octanol–water partition coefficient (Wildman–Crippen LogP) is 1.02. The molecule has 0 saturated carbocycles. The third kappa shape index (κ3) is 5.75. The van der Waals surface area contributed by atoms with E-state index in [9.17, 15) is 23.3 Å². The Morgan fingerprint density at radius 2 is 1.87 bits per heavy atom. The molecule has 2 N–H and O–H groups in total. The fourth-order valence-corrected chi connectivity index (χ4v) is 2.29. The van der Waals surface area contributed by atoms with Crippen molar-refractivity contribution in [1.82, 2.24) is 10.1 Å². The Labute approximate surface area is 134 Å². The molecule has 1 amide bonds. The van der Waals surface area contributed by atoms with E-state index < -0.39 is 27.4 Å². The van der Waals surface area contributed by atoms with Crippen LogP contribution in [0.15, 0.2) is 34.3 Å². The fraction of sp³-hybridized carbons (Fsp3) is 0.385. The number of benzene rings is 1. The molecule has 0 atom stereocenters. The van der Waals surface area contributed by atoms with Gasteiger partial charge in [-0.2, -0.15) is 5.10 Å². The highest BCUT2D eigenvalue weighted by atomic mass is 32.2. The number of sulfonamides is 1. The molecule has 0 radical (unpaired) electrons. The Morgan fingerprint density at radius 1 is 1.30 bits per heavy atom. The van der Waals surface area contributed by atoms with Crippen molar-refractivity contribution in [3.8, 4) is 0 Å². The summed E-state index contributed by atoms with van der Waals surface area (Å²) in [6.45, 7) is 5.06. The summed E-state index contributed by atoms with van der Waals surface area (Å²) in [7, 11) is -3.93. The molecule has 1 rings (SSSR count). The first-order valence-electron chi connectivity index (χ1n) is 6.70. The molecule has 0 saturated heterocycles. The fourth-order valence-electron chi connectivity index (χ4n) is 1.31. The third-order valence-corrected chi connectivity index (χ3v) is 4.39. The zero-order valence-corrected chi connectivity index (χ0v) is 13.8. The van der Waals surface area contributed by atoms with Gasteiger partial charge in [-0.25, -0.2) is 18.6 Å². The van der Waals surface area contributed by atoms with Crippen LogP contribution in [-0.4, -0.2) is 31.5 Å². The summed E-state index contributed by atoms with van der Waals surface area (Å²) in [6.07, 6.45) is 0. The van der Waals surface area contributed by atoms with E-state index in [0.29, 0.717) is 5.71 Å². The minimum absolute atomic E-state index is 0.159. The molecule has 0 aromatic heterocycles. The van der Waals surface area contributed by atoms with Crippen molar-refractivity contribution in [1.29, 1.82) is 0 Å². The molecule has 0 aliphatic carbocycles. The number of non-ortho nitro benzene ring substituents is 1. The summed E-state index contributed by atoms with van der Waals surface area (Å²) in [4.78, 5) is 21.3. The summed E-state index contributed by atoms with van der Waals surface area (Å²) in [5, 5.41) is 14.4. The molecular formula is C13H18N4O5S. The minimum Gasteiger partial charge on any atom is -0.272 e. The van der Waals surface area contributed by atoms with E-state index in [1.807, 2.05) is 13.8 Å². The number of rotatable bonds is 7. The Kier molecular flexibility index (Phi) is 6.34. The van der Waals surface area contributed by atoms with Crippen molar-refractivity contribution >= 4 is 27.3 Å². The lowest BCUT2D eigenvalue weighted by Gasteiger charge is -2.07. The number of carbonyl (C=O) groups is 1. The average Bonchev–Trinajstić information content (AvgIpc) is 2.50. The number of nitro groups is 1. The molecule has 0 heterocycles. The van der Waals surface area contributed by atoms with Gasteiger partial charge in [-0.05, 0) is 25.0 Å². The van der Waals surface area contributed by atoms with Gasteiger partial charge in [0, 0.05) is 17.8 Å². The topological polar surface area (TPSA) is 131 Å². The molecule has 1 aromatic rings. The van der Waals surface area contributed by atoms with Gasteiger partial charge in [-0.1, -0.05) is 13.8 Å². The highest BCUT2D eigenvalue weighted by Gasteiger charge is 2.17. The molecule has 0 spiro atoms. The molecule has 0 aliphatic heterocycles. The largest absolute Gasteiger partial charge is 0.272 e. The Morgan fingerprint density at radius 3 is 2.35 bits per heavy atom. The Balaban J connectivity index is 2.67. The summed E-state index contributed by atoms with van der Waals surface area (Å²) in [6, 6.07) is 4.34. The van der Waals surface area contributed by atoms with Gasteiger partial charge in [0.15, 0.2) is 0 Å². The number of hydrogen-bond donors (Lipinski definition) is 2. The van der Waals surface area contributed by atoms with Gasteiger partial charge in [0.2, 0.25) is 10.0 Å². The van der Waals surface area contributed by atoms with Gasteiger partial charge in [0.25, 0.3) is 11.6 Å². The molecule has 0 fully saturated rings. The van der Waals surface area contributed by atoms with Crippen LogP contribution in [-0.2, 0) is 14.8 Å². The van der Waals surface area contributed by atoms with Gasteiger partial charge in [0.05, 0.1) is 16.4 Å². The summed E-state index contributed by atoms with van der Waals surface area (Å²) < 4.78 is 26.0. The molecule has 9 nitrogen and oxygen atoms in total. The van der Waals surface area contributed by atoms with E-state index in [-0.39, 0.29) is 16.5 Å². The van der Waals surface area contributed by atoms with Crippen LogP contribution in [0.2, 0.25) is 0 Å². The predicted molar refractivity (Wildman–Crippen MR) is 84.4 cm³/mol. The quantitative estimate of drug-likeness (QED) is 0.434. The van der Waals surface area contributed by atoms with Gasteiger partial charge in [-0.15, -0.1) is 0 Å². The van der Waals surface area contributed by atoms with E-state index in [1.165, 1.54) is 0 Å². The van der Waals surface area contributed by atoms with Crippen LogP contribution in [0, 0.1) is 16.0 Å². The first-order chi connectivity index (χ1) is 10.6. The molecule has 0 aliphatic rings. The lowest BCUT2D eigenvalue weighted by atomic mass is 10.1. The molecular weight excluding hydrogens is 324 g/mol. The highest BCUT2D eigenvalue weighted by molar-refractivity contribution is 7.89. The van der Waals surface area contributed by atoms with E-state index in [2.05, 4.69) is 15.2 Å². The highest BCUT2D eigenvalue weighted by Crippen LogP contribution is 2.15. The summed E-state index contributed by atoms with van der Waals surface area (Å²) in [5.74, 6) is -0.456. The van der Waals surface area contributed by atoms with Gasteiger partial charge >= 0.3 is 0 Å². The third-order valence-electron chi connectivity index (χ3n) is 2.97. The van der Waals surface area contributed by atoms with Crippen LogP contribution in [0.4, 0.5) is 5.69 Å². The van der Waals surface area contributed by atoms with Crippen LogP contribution in [0.3, 0.4) is 0 Å². The molecule has 1 aromatic carbocycles. The first-order valence-corrected chi connectivity index (χ1v) is 8.19. The second kappa shape index (κ2) is 7.79.